The molecule has 2 N–H and O–H groups in total. The molecule has 0 aromatic heterocycles. The Morgan fingerprint density at radius 1 is 1.47 bits per heavy atom. The van der Waals surface area contributed by atoms with Gasteiger partial charge in [-0.3, -0.25) is 9.59 Å². The van der Waals surface area contributed by atoms with E-state index in [4.69, 9.17) is 4.74 Å². The van der Waals surface area contributed by atoms with Crippen LogP contribution in [0.2, 0.25) is 0 Å². The molecule has 0 spiro atoms. The summed E-state index contributed by atoms with van der Waals surface area (Å²) in [6.07, 6.45) is 1.24. The predicted octanol–water partition coefficient (Wildman–Crippen LogP) is -1.29. The number of nitrogens with one attached hydrogen (secondary N) is 2. The van der Waals surface area contributed by atoms with E-state index in [0.717, 1.165) is 13.0 Å². The Balaban J connectivity index is 1.82. The summed E-state index contributed by atoms with van der Waals surface area (Å²) < 4.78 is 5.30. The maximum atomic E-state index is 12.0. The molecule has 2 rings (SSSR count). The first-order chi connectivity index (χ1) is 8.25. The summed E-state index contributed by atoms with van der Waals surface area (Å²) in [7, 11) is 0. The molecule has 2 amide bonds. The van der Waals surface area contributed by atoms with Crippen molar-refractivity contribution in [2.75, 3.05) is 39.4 Å². The van der Waals surface area contributed by atoms with Crippen LogP contribution in [0.3, 0.4) is 0 Å². The first-order valence-corrected chi connectivity index (χ1v) is 6.11. The van der Waals surface area contributed by atoms with Crippen LogP contribution in [0.5, 0.6) is 0 Å². The minimum atomic E-state index is -0.0660. The van der Waals surface area contributed by atoms with Crippen LogP contribution in [0.25, 0.3) is 0 Å². The van der Waals surface area contributed by atoms with Gasteiger partial charge in [-0.15, -0.1) is 0 Å². The van der Waals surface area contributed by atoms with Gasteiger partial charge in [-0.2, -0.15) is 0 Å². The first kappa shape index (κ1) is 12.3. The van der Waals surface area contributed by atoms with Crippen molar-refractivity contribution < 1.29 is 14.3 Å². The van der Waals surface area contributed by atoms with E-state index in [-0.39, 0.29) is 24.4 Å². The van der Waals surface area contributed by atoms with Crippen molar-refractivity contribution >= 4 is 11.8 Å². The fourth-order valence-corrected chi connectivity index (χ4v) is 2.11. The van der Waals surface area contributed by atoms with Crippen LogP contribution < -0.4 is 10.6 Å². The Kier molecular flexibility index (Phi) is 4.33. The molecule has 2 fully saturated rings. The number of morpholine rings is 1. The molecule has 2 heterocycles. The highest BCUT2D eigenvalue weighted by atomic mass is 16.5. The summed E-state index contributed by atoms with van der Waals surface area (Å²) >= 11 is 0. The van der Waals surface area contributed by atoms with Crippen molar-refractivity contribution in [2.24, 2.45) is 0 Å². The van der Waals surface area contributed by atoms with Gasteiger partial charge in [0.05, 0.1) is 19.8 Å². The molecule has 2 saturated heterocycles. The fourth-order valence-electron chi connectivity index (χ4n) is 2.11. The van der Waals surface area contributed by atoms with Gasteiger partial charge >= 0.3 is 0 Å². The third kappa shape index (κ3) is 3.67. The van der Waals surface area contributed by atoms with E-state index in [2.05, 4.69) is 10.6 Å². The number of carbonyl (C=O) groups is 2. The van der Waals surface area contributed by atoms with Gasteiger partial charge < -0.3 is 20.3 Å². The van der Waals surface area contributed by atoms with Crippen molar-refractivity contribution in [1.29, 1.82) is 0 Å². The van der Waals surface area contributed by atoms with Gasteiger partial charge in [0, 0.05) is 32.1 Å². The number of nitrogens with zero attached hydrogens (tertiary/aromatic N) is 1. The highest BCUT2D eigenvalue weighted by Gasteiger charge is 2.23. The molecular formula is C11H19N3O3. The average Bonchev–Trinajstić information content (AvgIpc) is 2.55. The summed E-state index contributed by atoms with van der Waals surface area (Å²) in [6.45, 7) is 3.58. The lowest BCUT2D eigenvalue weighted by atomic mass is 10.1. The molecule has 2 aliphatic rings. The smallest absolute Gasteiger partial charge is 0.239 e. The van der Waals surface area contributed by atoms with Gasteiger partial charge in [-0.05, 0) is 6.42 Å². The zero-order valence-electron chi connectivity index (χ0n) is 9.91. The molecule has 0 bridgehead atoms. The Labute approximate surface area is 101 Å². The van der Waals surface area contributed by atoms with Gasteiger partial charge in [-0.25, -0.2) is 0 Å². The Morgan fingerprint density at radius 3 is 3.12 bits per heavy atom. The minimum Gasteiger partial charge on any atom is -0.378 e. The summed E-state index contributed by atoms with van der Waals surface area (Å²) in [4.78, 5) is 25.0. The SMILES string of the molecule is O=C1CN(C(=O)CC2COCCN2)CCCN1. The monoisotopic (exact) mass is 241 g/mol. The Hall–Kier alpha value is -1.14. The minimum absolute atomic E-state index is 0.0325. The molecule has 6 heteroatoms. The maximum absolute atomic E-state index is 12.0. The van der Waals surface area contributed by atoms with Gasteiger partial charge in [-0.1, -0.05) is 0 Å². The molecule has 0 aromatic carbocycles. The number of amides is 2. The normalized spacial score (nSPS) is 26.2. The van der Waals surface area contributed by atoms with Gasteiger partial charge in [0.1, 0.15) is 0 Å². The second-order valence-corrected chi connectivity index (χ2v) is 4.45. The van der Waals surface area contributed by atoms with Crippen molar-refractivity contribution in [3.05, 3.63) is 0 Å². The van der Waals surface area contributed by atoms with Crippen LogP contribution in [0.15, 0.2) is 0 Å². The predicted molar refractivity (Wildman–Crippen MR) is 61.4 cm³/mol. The lowest BCUT2D eigenvalue weighted by Crippen LogP contribution is -2.46. The molecule has 2 aliphatic heterocycles. The van der Waals surface area contributed by atoms with Crippen molar-refractivity contribution in [3.8, 4) is 0 Å². The molecule has 0 aromatic rings. The number of rotatable bonds is 2. The molecular weight excluding hydrogens is 222 g/mol. The first-order valence-electron chi connectivity index (χ1n) is 6.11. The average molecular weight is 241 g/mol. The van der Waals surface area contributed by atoms with Crippen LogP contribution in [0.1, 0.15) is 12.8 Å². The van der Waals surface area contributed by atoms with Crippen molar-refractivity contribution in [1.82, 2.24) is 15.5 Å². The molecule has 1 unspecified atom stereocenters. The van der Waals surface area contributed by atoms with Gasteiger partial charge in [0.15, 0.2) is 0 Å². The number of carbonyl (C=O) groups excluding carboxylic acids is 2. The highest BCUT2D eigenvalue weighted by Crippen LogP contribution is 2.05. The van der Waals surface area contributed by atoms with Crippen LogP contribution >= 0.6 is 0 Å². The molecule has 6 nitrogen and oxygen atoms in total. The van der Waals surface area contributed by atoms with E-state index in [1.807, 2.05) is 0 Å². The summed E-state index contributed by atoms with van der Waals surface area (Å²) in [5.41, 5.74) is 0. The van der Waals surface area contributed by atoms with E-state index in [1.54, 1.807) is 4.90 Å². The van der Waals surface area contributed by atoms with E-state index in [1.165, 1.54) is 0 Å². The molecule has 0 radical (unpaired) electrons. The summed E-state index contributed by atoms with van der Waals surface area (Å²) in [6, 6.07) is 0.0857. The fraction of sp³-hybridized carbons (Fsp3) is 0.818. The third-order valence-corrected chi connectivity index (χ3v) is 3.03. The van der Waals surface area contributed by atoms with Gasteiger partial charge in [0.2, 0.25) is 11.8 Å². The lowest BCUT2D eigenvalue weighted by molar-refractivity contribution is -0.136. The molecule has 0 saturated carbocycles. The number of ether oxygens (including phenoxy) is 1. The second kappa shape index (κ2) is 5.97. The lowest BCUT2D eigenvalue weighted by Gasteiger charge is -2.26. The second-order valence-electron chi connectivity index (χ2n) is 4.45. The maximum Gasteiger partial charge on any atom is 0.239 e. The Morgan fingerprint density at radius 2 is 2.35 bits per heavy atom. The zero-order chi connectivity index (χ0) is 12.1. The standard InChI is InChI=1S/C11H19N3O3/c15-10-7-14(4-1-2-13-10)11(16)6-9-8-17-5-3-12-9/h9,12H,1-8H2,(H,13,15). The Bertz CT molecular complexity index is 290. The van der Waals surface area contributed by atoms with E-state index in [9.17, 15) is 9.59 Å². The molecule has 96 valence electrons. The molecule has 1 atom stereocenters. The third-order valence-electron chi connectivity index (χ3n) is 3.03. The van der Waals surface area contributed by atoms with Crippen molar-refractivity contribution in [3.63, 3.8) is 0 Å². The highest BCUT2D eigenvalue weighted by molar-refractivity contribution is 5.85. The topological polar surface area (TPSA) is 70.7 Å². The summed E-state index contributed by atoms with van der Waals surface area (Å²) in [5, 5.41) is 6.00. The largest absolute Gasteiger partial charge is 0.378 e. The molecule has 17 heavy (non-hydrogen) atoms. The molecule has 0 aliphatic carbocycles. The van der Waals surface area contributed by atoms with Crippen LogP contribution in [-0.2, 0) is 14.3 Å². The quantitative estimate of drug-likeness (QED) is 0.631. The number of hydrogen-bond donors (Lipinski definition) is 2. The van der Waals surface area contributed by atoms with Crippen LogP contribution in [-0.4, -0.2) is 62.1 Å². The van der Waals surface area contributed by atoms with Gasteiger partial charge in [0.25, 0.3) is 0 Å². The van der Waals surface area contributed by atoms with E-state index in [0.29, 0.717) is 32.7 Å². The van der Waals surface area contributed by atoms with E-state index >= 15 is 0 Å². The summed E-state index contributed by atoms with van der Waals surface area (Å²) in [5.74, 6) is -0.0336. The van der Waals surface area contributed by atoms with E-state index < -0.39 is 0 Å². The number of hydrogen-bond acceptors (Lipinski definition) is 4. The van der Waals surface area contributed by atoms with Crippen LogP contribution in [0, 0.1) is 0 Å². The van der Waals surface area contributed by atoms with Crippen LogP contribution in [0.4, 0.5) is 0 Å². The zero-order valence-corrected chi connectivity index (χ0v) is 9.91. The van der Waals surface area contributed by atoms with Crippen molar-refractivity contribution in [2.45, 2.75) is 18.9 Å².